The molecule has 1 amide bonds. The molecule has 9 heteroatoms. The lowest BCUT2D eigenvalue weighted by Gasteiger charge is -2.16. The van der Waals surface area contributed by atoms with Crippen LogP contribution in [0.4, 0.5) is 0 Å². The molecule has 9 nitrogen and oxygen atoms in total. The van der Waals surface area contributed by atoms with Crippen LogP contribution in [0.15, 0.2) is 46.2 Å². The van der Waals surface area contributed by atoms with Crippen molar-refractivity contribution in [1.82, 2.24) is 19.9 Å². The first kappa shape index (κ1) is 20.1. The lowest BCUT2D eigenvalue weighted by molar-refractivity contribution is -0.145. The molecule has 3 N–H and O–H groups in total. The number of H-pyrrole nitrogens is 2. The van der Waals surface area contributed by atoms with Gasteiger partial charge in [0.1, 0.15) is 6.04 Å². The first-order valence-electron chi connectivity index (χ1n) is 9.11. The van der Waals surface area contributed by atoms with Crippen LogP contribution in [-0.4, -0.2) is 39.6 Å². The van der Waals surface area contributed by atoms with E-state index in [2.05, 4.69) is 15.3 Å². The van der Waals surface area contributed by atoms with Gasteiger partial charge in [-0.1, -0.05) is 18.2 Å². The molecule has 0 radical (unpaired) electrons. The second-order valence-corrected chi connectivity index (χ2v) is 6.72. The fraction of sp³-hybridized carbons (Fsp3) is 0.300. The summed E-state index contributed by atoms with van der Waals surface area (Å²) in [4.78, 5) is 53.1. The van der Waals surface area contributed by atoms with Crippen molar-refractivity contribution in [3.8, 4) is 0 Å². The predicted octanol–water partition coefficient (Wildman–Crippen LogP) is 0.617. The van der Waals surface area contributed by atoms with Crippen LogP contribution in [0.3, 0.4) is 0 Å². The average molecular weight is 398 g/mol. The molecule has 0 unspecified atom stereocenters. The third kappa shape index (κ3) is 4.63. The summed E-state index contributed by atoms with van der Waals surface area (Å²) < 4.78 is 6.08. The number of nitrogens with one attached hydrogen (secondary N) is 3. The Bertz CT molecular complexity index is 1160. The maximum atomic E-state index is 12.4. The van der Waals surface area contributed by atoms with Gasteiger partial charge in [-0.2, -0.15) is 0 Å². The van der Waals surface area contributed by atoms with Crippen LogP contribution in [0.5, 0.6) is 0 Å². The molecule has 0 bridgehead atoms. The Morgan fingerprint density at radius 1 is 1.24 bits per heavy atom. The quantitative estimate of drug-likeness (QED) is 0.503. The van der Waals surface area contributed by atoms with Crippen molar-refractivity contribution in [2.75, 3.05) is 7.11 Å². The summed E-state index contributed by atoms with van der Waals surface area (Å²) in [6.07, 6.45) is 3.43. The molecule has 2 heterocycles. The van der Waals surface area contributed by atoms with Gasteiger partial charge in [0.25, 0.3) is 5.56 Å². The van der Waals surface area contributed by atoms with Crippen molar-refractivity contribution in [2.45, 2.75) is 32.4 Å². The SMILES string of the molecule is COC(=O)[C@H](Cc1c[nH]c2ccccc12)NC(=O)CCn1cc(C)c(=O)[nH]c1=O. The number of hydrogen-bond donors (Lipinski definition) is 3. The van der Waals surface area contributed by atoms with Crippen molar-refractivity contribution < 1.29 is 14.3 Å². The van der Waals surface area contributed by atoms with E-state index in [4.69, 9.17) is 4.74 Å². The molecule has 3 aromatic rings. The summed E-state index contributed by atoms with van der Waals surface area (Å²) in [6.45, 7) is 1.65. The van der Waals surface area contributed by atoms with Gasteiger partial charge in [0.15, 0.2) is 0 Å². The zero-order chi connectivity index (χ0) is 21.0. The van der Waals surface area contributed by atoms with Gasteiger partial charge in [-0.25, -0.2) is 9.59 Å². The standard InChI is InChI=1S/C20H22N4O5/c1-12-11-24(20(28)23-18(12)26)8-7-17(25)22-16(19(27)29-2)9-13-10-21-15-6-4-3-5-14(13)15/h3-6,10-11,16,21H,7-9H2,1-2H3,(H,22,25)(H,23,26,28)/t16-/m0/s1. The van der Waals surface area contributed by atoms with Gasteiger partial charge in [-0.05, 0) is 18.6 Å². The van der Waals surface area contributed by atoms with Crippen molar-refractivity contribution in [1.29, 1.82) is 0 Å². The lowest BCUT2D eigenvalue weighted by Crippen LogP contribution is -2.43. The number of ether oxygens (including phenoxy) is 1. The Kier molecular flexibility index (Phi) is 5.96. The van der Waals surface area contributed by atoms with E-state index in [1.807, 2.05) is 24.3 Å². The van der Waals surface area contributed by atoms with Crippen LogP contribution in [-0.2, 0) is 27.3 Å². The minimum atomic E-state index is -0.860. The van der Waals surface area contributed by atoms with Crippen molar-refractivity contribution >= 4 is 22.8 Å². The molecular formula is C20H22N4O5. The van der Waals surface area contributed by atoms with Gasteiger partial charge in [0.2, 0.25) is 5.91 Å². The number of carbonyl (C=O) groups is 2. The van der Waals surface area contributed by atoms with E-state index < -0.39 is 29.2 Å². The minimum absolute atomic E-state index is 0.0350. The molecule has 0 saturated heterocycles. The highest BCUT2D eigenvalue weighted by atomic mass is 16.5. The molecule has 0 aliphatic rings. The van der Waals surface area contributed by atoms with E-state index >= 15 is 0 Å². The normalized spacial score (nSPS) is 11.9. The molecule has 3 rings (SSSR count). The molecule has 1 atom stereocenters. The third-order valence-electron chi connectivity index (χ3n) is 4.69. The smallest absolute Gasteiger partial charge is 0.328 e. The number of nitrogens with zero attached hydrogens (tertiary/aromatic N) is 1. The molecule has 29 heavy (non-hydrogen) atoms. The van der Waals surface area contributed by atoms with Gasteiger partial charge < -0.3 is 15.0 Å². The number of para-hydroxylation sites is 1. The Balaban J connectivity index is 1.69. The van der Waals surface area contributed by atoms with Crippen LogP contribution in [0.1, 0.15) is 17.5 Å². The fourth-order valence-electron chi connectivity index (χ4n) is 3.13. The van der Waals surface area contributed by atoms with Gasteiger partial charge in [0, 0.05) is 48.2 Å². The average Bonchev–Trinajstić information content (AvgIpc) is 3.11. The van der Waals surface area contributed by atoms with E-state index in [9.17, 15) is 19.2 Å². The lowest BCUT2D eigenvalue weighted by atomic mass is 10.0. The number of methoxy groups -OCH3 is 1. The molecule has 0 fully saturated rings. The van der Waals surface area contributed by atoms with E-state index in [0.29, 0.717) is 5.56 Å². The monoisotopic (exact) mass is 398 g/mol. The van der Waals surface area contributed by atoms with Gasteiger partial charge in [-0.15, -0.1) is 0 Å². The van der Waals surface area contributed by atoms with Crippen molar-refractivity contribution in [2.24, 2.45) is 0 Å². The Morgan fingerprint density at radius 3 is 2.76 bits per heavy atom. The Hall–Kier alpha value is -3.62. The molecule has 0 saturated carbocycles. The minimum Gasteiger partial charge on any atom is -0.467 e. The molecular weight excluding hydrogens is 376 g/mol. The maximum absolute atomic E-state index is 12.4. The van der Waals surface area contributed by atoms with Crippen LogP contribution in [0.25, 0.3) is 10.9 Å². The molecule has 0 spiro atoms. The first-order valence-corrected chi connectivity index (χ1v) is 9.11. The number of esters is 1. The Labute approximate surface area is 165 Å². The van der Waals surface area contributed by atoms with Crippen LogP contribution in [0.2, 0.25) is 0 Å². The molecule has 0 aliphatic carbocycles. The van der Waals surface area contributed by atoms with Crippen molar-refractivity contribution in [3.05, 3.63) is 68.6 Å². The third-order valence-corrected chi connectivity index (χ3v) is 4.69. The summed E-state index contributed by atoms with van der Waals surface area (Å²) in [5.74, 6) is -0.961. The highest BCUT2D eigenvalue weighted by molar-refractivity contribution is 5.87. The van der Waals surface area contributed by atoms with E-state index in [1.165, 1.54) is 17.9 Å². The molecule has 1 aromatic carbocycles. The van der Waals surface area contributed by atoms with E-state index in [1.54, 1.807) is 13.1 Å². The highest BCUT2D eigenvalue weighted by Gasteiger charge is 2.23. The number of aromatic nitrogens is 3. The van der Waals surface area contributed by atoms with Crippen LogP contribution in [0, 0.1) is 6.92 Å². The second kappa shape index (κ2) is 8.59. The highest BCUT2D eigenvalue weighted by Crippen LogP contribution is 2.19. The largest absolute Gasteiger partial charge is 0.467 e. The number of benzene rings is 1. The van der Waals surface area contributed by atoms with Gasteiger partial charge >= 0.3 is 11.7 Å². The summed E-state index contributed by atoms with van der Waals surface area (Å²) >= 11 is 0. The summed E-state index contributed by atoms with van der Waals surface area (Å²) in [5, 5.41) is 3.64. The summed E-state index contributed by atoms with van der Waals surface area (Å²) in [6, 6.07) is 6.80. The van der Waals surface area contributed by atoms with E-state index in [-0.39, 0.29) is 19.4 Å². The summed E-state index contributed by atoms with van der Waals surface area (Å²) in [7, 11) is 1.26. The molecule has 0 aliphatic heterocycles. The number of fused-ring (bicyclic) bond motifs is 1. The number of rotatable bonds is 7. The van der Waals surface area contributed by atoms with E-state index in [0.717, 1.165) is 16.5 Å². The van der Waals surface area contributed by atoms with Crippen LogP contribution >= 0.6 is 0 Å². The molecule has 152 valence electrons. The fourth-order valence-corrected chi connectivity index (χ4v) is 3.13. The molecule has 2 aromatic heterocycles. The number of amides is 1. The predicted molar refractivity (Wildman–Crippen MR) is 107 cm³/mol. The zero-order valence-electron chi connectivity index (χ0n) is 16.2. The summed E-state index contributed by atoms with van der Waals surface area (Å²) in [5.41, 5.74) is 1.14. The number of carbonyl (C=O) groups excluding carboxylic acids is 2. The topological polar surface area (TPSA) is 126 Å². The van der Waals surface area contributed by atoms with Crippen LogP contribution < -0.4 is 16.6 Å². The number of aromatic amines is 2. The maximum Gasteiger partial charge on any atom is 0.328 e. The van der Waals surface area contributed by atoms with Gasteiger partial charge in [-0.3, -0.25) is 19.1 Å². The second-order valence-electron chi connectivity index (χ2n) is 6.72. The number of hydrogen-bond acceptors (Lipinski definition) is 5. The Morgan fingerprint density at radius 2 is 2.00 bits per heavy atom. The first-order chi connectivity index (χ1) is 13.9. The zero-order valence-corrected chi connectivity index (χ0v) is 16.2. The van der Waals surface area contributed by atoms with Crippen molar-refractivity contribution in [3.63, 3.8) is 0 Å². The number of aryl methyl sites for hydroxylation is 2. The van der Waals surface area contributed by atoms with Gasteiger partial charge in [0.05, 0.1) is 7.11 Å².